The lowest BCUT2D eigenvalue weighted by molar-refractivity contribution is 0.0649. The maximum atomic E-state index is 5.38. The Balaban J connectivity index is 3.57. The standard InChI is InChI=1S/C12H24O2S/c1-11(2,3)8-7-9-13-10(15)14-12(4,5)6/h7-9H2,1-6H3. The highest BCUT2D eigenvalue weighted by atomic mass is 32.1. The van der Waals surface area contributed by atoms with Gasteiger partial charge in [0.05, 0.1) is 6.61 Å². The Bertz CT molecular complexity index is 199. The summed E-state index contributed by atoms with van der Waals surface area (Å²) in [5.74, 6) is 0. The third-order valence-corrected chi connectivity index (χ3v) is 1.88. The molecule has 0 amide bonds. The molecule has 0 aliphatic heterocycles. The summed E-state index contributed by atoms with van der Waals surface area (Å²) in [7, 11) is 0. The summed E-state index contributed by atoms with van der Waals surface area (Å²) in [5.41, 5.74) is 0.0942. The average molecular weight is 232 g/mol. The SMILES string of the molecule is CC(C)(C)CCCOC(=S)OC(C)(C)C. The second-order valence-electron chi connectivity index (χ2n) is 5.98. The van der Waals surface area contributed by atoms with Crippen LogP contribution >= 0.6 is 12.2 Å². The predicted molar refractivity (Wildman–Crippen MR) is 68.1 cm³/mol. The molecule has 0 aromatic heterocycles. The molecule has 0 saturated carbocycles. The minimum absolute atomic E-state index is 0.261. The van der Waals surface area contributed by atoms with Crippen LogP contribution in [-0.4, -0.2) is 17.4 Å². The van der Waals surface area contributed by atoms with Gasteiger partial charge in [0.25, 0.3) is 0 Å². The molecule has 0 bridgehead atoms. The van der Waals surface area contributed by atoms with Gasteiger partial charge < -0.3 is 9.47 Å². The van der Waals surface area contributed by atoms with E-state index in [4.69, 9.17) is 21.7 Å². The van der Waals surface area contributed by atoms with E-state index in [1.54, 1.807) is 0 Å². The lowest BCUT2D eigenvalue weighted by Gasteiger charge is -2.22. The van der Waals surface area contributed by atoms with E-state index in [1.807, 2.05) is 20.8 Å². The maximum Gasteiger partial charge on any atom is 0.352 e. The van der Waals surface area contributed by atoms with Gasteiger partial charge in [-0.15, -0.1) is 0 Å². The molecule has 90 valence electrons. The van der Waals surface area contributed by atoms with Gasteiger partial charge in [-0.3, -0.25) is 0 Å². The summed E-state index contributed by atoms with van der Waals surface area (Å²) in [4.78, 5) is 0. The molecule has 2 nitrogen and oxygen atoms in total. The van der Waals surface area contributed by atoms with Crippen LogP contribution in [-0.2, 0) is 9.47 Å². The molecule has 0 spiro atoms. The first-order valence-electron chi connectivity index (χ1n) is 5.46. The van der Waals surface area contributed by atoms with E-state index in [0.717, 1.165) is 12.8 Å². The predicted octanol–water partition coefficient (Wildman–Crippen LogP) is 3.93. The molecule has 3 heteroatoms. The van der Waals surface area contributed by atoms with Gasteiger partial charge in [-0.05, 0) is 39.0 Å². The van der Waals surface area contributed by atoms with Crippen molar-refractivity contribution in [3.8, 4) is 0 Å². The van der Waals surface area contributed by atoms with Crippen LogP contribution in [0.4, 0.5) is 0 Å². The highest BCUT2D eigenvalue weighted by Crippen LogP contribution is 2.20. The van der Waals surface area contributed by atoms with Crippen molar-refractivity contribution in [1.29, 1.82) is 0 Å². The Kier molecular flexibility index (Phi) is 5.57. The first kappa shape index (κ1) is 14.7. The largest absolute Gasteiger partial charge is 0.457 e. The Morgan fingerprint density at radius 2 is 1.60 bits per heavy atom. The molecular formula is C12H24O2S. The zero-order valence-electron chi connectivity index (χ0n) is 10.8. The fourth-order valence-corrected chi connectivity index (χ4v) is 1.37. The first-order chi connectivity index (χ1) is 6.60. The Hall–Kier alpha value is -0.310. The molecule has 0 heterocycles. The minimum Gasteiger partial charge on any atom is -0.457 e. The van der Waals surface area contributed by atoms with Crippen LogP contribution in [0.3, 0.4) is 0 Å². The van der Waals surface area contributed by atoms with Gasteiger partial charge in [-0.25, -0.2) is 0 Å². The van der Waals surface area contributed by atoms with Crippen LogP contribution in [0.15, 0.2) is 0 Å². The van der Waals surface area contributed by atoms with E-state index in [2.05, 4.69) is 20.8 Å². The van der Waals surface area contributed by atoms with Gasteiger partial charge >= 0.3 is 5.24 Å². The van der Waals surface area contributed by atoms with Crippen molar-refractivity contribution in [3.63, 3.8) is 0 Å². The van der Waals surface area contributed by atoms with Crippen molar-refractivity contribution < 1.29 is 9.47 Å². The highest BCUT2D eigenvalue weighted by molar-refractivity contribution is 7.79. The van der Waals surface area contributed by atoms with Crippen molar-refractivity contribution in [3.05, 3.63) is 0 Å². The van der Waals surface area contributed by atoms with Gasteiger partial charge in [0, 0.05) is 12.2 Å². The normalized spacial score (nSPS) is 12.4. The van der Waals surface area contributed by atoms with E-state index >= 15 is 0 Å². The van der Waals surface area contributed by atoms with Gasteiger partial charge in [0.15, 0.2) is 0 Å². The fraction of sp³-hybridized carbons (Fsp3) is 0.917. The summed E-state index contributed by atoms with van der Waals surface area (Å²) in [6.45, 7) is 13.2. The number of thiocarbonyl (C=S) groups is 1. The fourth-order valence-electron chi connectivity index (χ4n) is 1.04. The molecule has 0 saturated heterocycles. The summed E-state index contributed by atoms with van der Waals surface area (Å²) in [6, 6.07) is 0. The molecule has 0 aromatic rings. The van der Waals surface area contributed by atoms with Crippen LogP contribution in [0.1, 0.15) is 54.4 Å². The summed E-state index contributed by atoms with van der Waals surface area (Å²) in [5, 5.41) is 0.261. The van der Waals surface area contributed by atoms with Crippen LogP contribution < -0.4 is 0 Å². The van der Waals surface area contributed by atoms with Crippen molar-refractivity contribution in [2.75, 3.05) is 6.61 Å². The van der Waals surface area contributed by atoms with Gasteiger partial charge in [0.2, 0.25) is 0 Å². The van der Waals surface area contributed by atoms with Crippen LogP contribution in [0.5, 0.6) is 0 Å². The monoisotopic (exact) mass is 232 g/mol. The molecular weight excluding hydrogens is 208 g/mol. The van der Waals surface area contributed by atoms with E-state index in [0.29, 0.717) is 12.0 Å². The molecule has 0 unspecified atom stereocenters. The maximum absolute atomic E-state index is 5.38. The minimum atomic E-state index is -0.263. The Morgan fingerprint density at radius 3 is 2.00 bits per heavy atom. The Morgan fingerprint density at radius 1 is 1.07 bits per heavy atom. The number of hydrogen-bond acceptors (Lipinski definition) is 3. The van der Waals surface area contributed by atoms with Crippen molar-refractivity contribution in [1.82, 2.24) is 0 Å². The van der Waals surface area contributed by atoms with Crippen molar-refractivity contribution in [2.45, 2.75) is 60.0 Å². The topological polar surface area (TPSA) is 18.5 Å². The first-order valence-corrected chi connectivity index (χ1v) is 5.87. The van der Waals surface area contributed by atoms with E-state index in [9.17, 15) is 0 Å². The van der Waals surface area contributed by atoms with Gasteiger partial charge in [-0.1, -0.05) is 20.8 Å². The zero-order chi connectivity index (χ0) is 12.1. The molecule has 0 aromatic carbocycles. The summed E-state index contributed by atoms with van der Waals surface area (Å²) < 4.78 is 10.7. The van der Waals surface area contributed by atoms with Gasteiger partial charge in [-0.2, -0.15) is 0 Å². The molecule has 0 N–H and O–H groups in total. The quantitative estimate of drug-likeness (QED) is 0.542. The van der Waals surface area contributed by atoms with E-state index in [1.165, 1.54) is 0 Å². The van der Waals surface area contributed by atoms with Crippen LogP contribution in [0, 0.1) is 5.41 Å². The van der Waals surface area contributed by atoms with Crippen LogP contribution in [0.2, 0.25) is 0 Å². The van der Waals surface area contributed by atoms with Gasteiger partial charge in [0.1, 0.15) is 5.60 Å². The van der Waals surface area contributed by atoms with E-state index in [-0.39, 0.29) is 10.8 Å². The third kappa shape index (κ3) is 11.6. The highest BCUT2D eigenvalue weighted by Gasteiger charge is 2.15. The molecule has 0 fully saturated rings. The second kappa shape index (κ2) is 5.69. The average Bonchev–Trinajstić information content (AvgIpc) is 1.92. The van der Waals surface area contributed by atoms with E-state index < -0.39 is 0 Å². The number of hydrogen-bond donors (Lipinski definition) is 0. The summed E-state index contributed by atoms with van der Waals surface area (Å²) in [6.07, 6.45) is 2.14. The molecule has 15 heavy (non-hydrogen) atoms. The van der Waals surface area contributed by atoms with Crippen LogP contribution in [0.25, 0.3) is 0 Å². The molecule has 0 atom stereocenters. The number of ether oxygens (including phenoxy) is 2. The summed E-state index contributed by atoms with van der Waals surface area (Å²) >= 11 is 4.96. The zero-order valence-corrected chi connectivity index (χ0v) is 11.7. The molecule has 0 rings (SSSR count). The second-order valence-corrected chi connectivity index (χ2v) is 6.31. The van der Waals surface area contributed by atoms with Crippen molar-refractivity contribution in [2.24, 2.45) is 5.41 Å². The molecule has 0 radical (unpaired) electrons. The molecule has 0 aliphatic carbocycles. The smallest absolute Gasteiger partial charge is 0.352 e. The lowest BCUT2D eigenvalue weighted by Crippen LogP contribution is -2.24. The molecule has 0 aliphatic rings. The lowest BCUT2D eigenvalue weighted by atomic mass is 9.91. The third-order valence-electron chi connectivity index (χ3n) is 1.68. The Labute approximate surface area is 99.3 Å². The number of rotatable bonds is 3. The van der Waals surface area contributed by atoms with Crippen molar-refractivity contribution >= 4 is 17.5 Å².